The first-order chi connectivity index (χ1) is 12.2. The SMILES string of the molecule is Cc1ccncc1CNC1CCN(C(=O)c2ccc3ncsc3c2)C1. The highest BCUT2D eigenvalue weighted by molar-refractivity contribution is 7.16. The van der Waals surface area contributed by atoms with Gasteiger partial charge in [-0.3, -0.25) is 9.78 Å². The highest BCUT2D eigenvalue weighted by Gasteiger charge is 2.26. The van der Waals surface area contributed by atoms with Crippen LogP contribution in [0.5, 0.6) is 0 Å². The lowest BCUT2D eigenvalue weighted by atomic mass is 10.1. The van der Waals surface area contributed by atoms with Gasteiger partial charge >= 0.3 is 0 Å². The van der Waals surface area contributed by atoms with E-state index in [-0.39, 0.29) is 5.91 Å². The number of aromatic nitrogens is 2. The summed E-state index contributed by atoms with van der Waals surface area (Å²) in [6.45, 7) is 4.43. The minimum Gasteiger partial charge on any atom is -0.337 e. The number of rotatable bonds is 4. The van der Waals surface area contributed by atoms with Crippen LogP contribution >= 0.6 is 11.3 Å². The molecular formula is C19H20N4OS. The van der Waals surface area contributed by atoms with Crippen molar-refractivity contribution in [1.82, 2.24) is 20.2 Å². The van der Waals surface area contributed by atoms with E-state index in [0.717, 1.165) is 41.8 Å². The van der Waals surface area contributed by atoms with Crippen LogP contribution < -0.4 is 5.32 Å². The number of aryl methyl sites for hydroxylation is 1. The lowest BCUT2D eigenvalue weighted by molar-refractivity contribution is 0.0789. The third-order valence-electron chi connectivity index (χ3n) is 4.78. The van der Waals surface area contributed by atoms with Crippen molar-refractivity contribution < 1.29 is 4.79 Å². The maximum Gasteiger partial charge on any atom is 0.253 e. The Kier molecular flexibility index (Phi) is 4.46. The second-order valence-electron chi connectivity index (χ2n) is 6.45. The van der Waals surface area contributed by atoms with Gasteiger partial charge in [-0.2, -0.15) is 0 Å². The molecular weight excluding hydrogens is 332 g/mol. The summed E-state index contributed by atoms with van der Waals surface area (Å²) in [4.78, 5) is 23.2. The third kappa shape index (κ3) is 3.41. The fourth-order valence-corrected chi connectivity index (χ4v) is 3.93. The molecule has 4 rings (SSSR count). The van der Waals surface area contributed by atoms with E-state index in [4.69, 9.17) is 0 Å². The molecule has 0 aliphatic carbocycles. The Labute approximate surface area is 150 Å². The number of hydrogen-bond donors (Lipinski definition) is 1. The Morgan fingerprint density at radius 1 is 1.40 bits per heavy atom. The van der Waals surface area contributed by atoms with Gasteiger partial charge in [-0.05, 0) is 48.7 Å². The Morgan fingerprint density at radius 2 is 2.32 bits per heavy atom. The smallest absolute Gasteiger partial charge is 0.253 e. The monoisotopic (exact) mass is 352 g/mol. The Hall–Kier alpha value is -2.31. The number of amides is 1. The molecule has 1 saturated heterocycles. The minimum absolute atomic E-state index is 0.108. The number of carbonyl (C=O) groups excluding carboxylic acids is 1. The lowest BCUT2D eigenvalue weighted by Gasteiger charge is -2.17. The molecule has 1 amide bonds. The zero-order valence-corrected chi connectivity index (χ0v) is 14.9. The van der Waals surface area contributed by atoms with Crippen molar-refractivity contribution in [3.05, 3.63) is 58.9 Å². The number of benzene rings is 1. The maximum atomic E-state index is 12.8. The first-order valence-electron chi connectivity index (χ1n) is 8.46. The first kappa shape index (κ1) is 16.2. The zero-order valence-electron chi connectivity index (χ0n) is 14.1. The van der Waals surface area contributed by atoms with Crippen LogP contribution in [0.25, 0.3) is 10.2 Å². The number of carbonyl (C=O) groups is 1. The standard InChI is InChI=1S/C19H20N4OS/c1-13-4-6-20-9-15(13)10-21-16-5-7-23(11-16)19(24)14-2-3-17-18(8-14)25-12-22-17/h2-4,6,8-9,12,16,21H,5,7,10-11H2,1H3. The average Bonchev–Trinajstić information content (AvgIpc) is 3.29. The molecule has 1 unspecified atom stereocenters. The number of nitrogens with zero attached hydrogens (tertiary/aromatic N) is 3. The van der Waals surface area contributed by atoms with Gasteiger partial charge in [-0.15, -0.1) is 11.3 Å². The quantitative estimate of drug-likeness (QED) is 0.784. The number of thiazole rings is 1. The molecule has 25 heavy (non-hydrogen) atoms. The number of fused-ring (bicyclic) bond motifs is 1. The Balaban J connectivity index is 1.38. The molecule has 1 fully saturated rings. The molecule has 3 aromatic rings. The van der Waals surface area contributed by atoms with Crippen molar-refractivity contribution in [3.8, 4) is 0 Å². The molecule has 1 aliphatic heterocycles. The van der Waals surface area contributed by atoms with Crippen molar-refractivity contribution in [2.75, 3.05) is 13.1 Å². The molecule has 6 heteroatoms. The van der Waals surface area contributed by atoms with E-state index in [1.165, 1.54) is 11.1 Å². The fraction of sp³-hybridized carbons (Fsp3) is 0.316. The molecule has 0 saturated carbocycles. The van der Waals surface area contributed by atoms with Crippen LogP contribution in [0.3, 0.4) is 0 Å². The normalized spacial score (nSPS) is 17.3. The summed E-state index contributed by atoms with van der Waals surface area (Å²) < 4.78 is 1.06. The molecule has 5 nitrogen and oxygen atoms in total. The number of nitrogens with one attached hydrogen (secondary N) is 1. The van der Waals surface area contributed by atoms with Crippen LogP contribution in [-0.2, 0) is 6.54 Å². The van der Waals surface area contributed by atoms with Crippen molar-refractivity contribution in [3.63, 3.8) is 0 Å². The number of likely N-dealkylation sites (tertiary alicyclic amines) is 1. The van der Waals surface area contributed by atoms with E-state index in [1.807, 2.05) is 47.1 Å². The van der Waals surface area contributed by atoms with Gasteiger partial charge in [0, 0.05) is 43.6 Å². The van der Waals surface area contributed by atoms with E-state index < -0.39 is 0 Å². The molecule has 1 N–H and O–H groups in total. The average molecular weight is 352 g/mol. The van der Waals surface area contributed by atoms with Crippen LogP contribution in [-0.4, -0.2) is 39.9 Å². The van der Waals surface area contributed by atoms with Crippen molar-refractivity contribution >= 4 is 27.5 Å². The van der Waals surface area contributed by atoms with E-state index in [9.17, 15) is 4.79 Å². The van der Waals surface area contributed by atoms with E-state index >= 15 is 0 Å². The van der Waals surface area contributed by atoms with Gasteiger partial charge in [0.15, 0.2) is 0 Å². The molecule has 1 aliphatic rings. The number of hydrogen-bond acceptors (Lipinski definition) is 5. The van der Waals surface area contributed by atoms with Crippen LogP contribution in [0.4, 0.5) is 0 Å². The summed E-state index contributed by atoms with van der Waals surface area (Å²) in [5, 5.41) is 3.56. The number of pyridine rings is 1. The molecule has 1 aromatic carbocycles. The summed E-state index contributed by atoms with van der Waals surface area (Å²) in [7, 11) is 0. The fourth-order valence-electron chi connectivity index (χ4n) is 3.22. The predicted octanol–water partition coefficient (Wildman–Crippen LogP) is 3.00. The molecule has 0 bridgehead atoms. The summed E-state index contributed by atoms with van der Waals surface area (Å²) >= 11 is 1.57. The summed E-state index contributed by atoms with van der Waals surface area (Å²) in [5.74, 6) is 0.108. The summed E-state index contributed by atoms with van der Waals surface area (Å²) in [5.41, 5.74) is 5.97. The van der Waals surface area contributed by atoms with Crippen molar-refractivity contribution in [1.29, 1.82) is 0 Å². The van der Waals surface area contributed by atoms with Crippen molar-refractivity contribution in [2.45, 2.75) is 25.9 Å². The second kappa shape index (κ2) is 6.90. The largest absolute Gasteiger partial charge is 0.337 e. The van der Waals surface area contributed by atoms with Gasteiger partial charge in [-0.1, -0.05) is 0 Å². The highest BCUT2D eigenvalue weighted by atomic mass is 32.1. The van der Waals surface area contributed by atoms with Crippen LogP contribution in [0.2, 0.25) is 0 Å². The van der Waals surface area contributed by atoms with Crippen LogP contribution in [0.15, 0.2) is 42.2 Å². The van der Waals surface area contributed by atoms with E-state index in [0.29, 0.717) is 6.04 Å². The molecule has 1 atom stereocenters. The van der Waals surface area contributed by atoms with E-state index in [1.54, 1.807) is 11.3 Å². The maximum absolute atomic E-state index is 12.8. The predicted molar refractivity (Wildman–Crippen MR) is 99.7 cm³/mol. The molecule has 0 radical (unpaired) electrons. The van der Waals surface area contributed by atoms with Crippen LogP contribution in [0, 0.1) is 6.92 Å². The molecule has 2 aromatic heterocycles. The van der Waals surface area contributed by atoms with Gasteiger partial charge in [-0.25, -0.2) is 4.98 Å². The van der Waals surface area contributed by atoms with Crippen LogP contribution in [0.1, 0.15) is 27.9 Å². The van der Waals surface area contributed by atoms with Gasteiger partial charge in [0.25, 0.3) is 5.91 Å². The van der Waals surface area contributed by atoms with E-state index in [2.05, 4.69) is 22.2 Å². The second-order valence-corrected chi connectivity index (χ2v) is 7.34. The zero-order chi connectivity index (χ0) is 17.2. The molecule has 128 valence electrons. The summed E-state index contributed by atoms with van der Waals surface area (Å²) in [6.07, 6.45) is 4.70. The summed E-state index contributed by atoms with van der Waals surface area (Å²) in [6, 6.07) is 8.11. The Bertz CT molecular complexity index is 907. The van der Waals surface area contributed by atoms with Gasteiger partial charge < -0.3 is 10.2 Å². The first-order valence-corrected chi connectivity index (χ1v) is 9.34. The lowest BCUT2D eigenvalue weighted by Crippen LogP contribution is -2.35. The van der Waals surface area contributed by atoms with Gasteiger partial charge in [0.1, 0.15) is 0 Å². The Morgan fingerprint density at radius 3 is 3.20 bits per heavy atom. The van der Waals surface area contributed by atoms with Gasteiger partial charge in [0.2, 0.25) is 0 Å². The topological polar surface area (TPSA) is 58.1 Å². The third-order valence-corrected chi connectivity index (χ3v) is 5.57. The minimum atomic E-state index is 0.108. The molecule has 3 heterocycles. The molecule has 0 spiro atoms. The van der Waals surface area contributed by atoms with Gasteiger partial charge in [0.05, 0.1) is 15.7 Å². The van der Waals surface area contributed by atoms with Crippen molar-refractivity contribution in [2.24, 2.45) is 0 Å². The highest BCUT2D eigenvalue weighted by Crippen LogP contribution is 2.21.